The Bertz CT molecular complexity index is 428. The molecule has 0 aromatic carbocycles. The summed E-state index contributed by atoms with van der Waals surface area (Å²) < 4.78 is 0. The summed E-state index contributed by atoms with van der Waals surface area (Å²) in [5.74, 6) is 4.61. The number of fused-ring (bicyclic) bond motifs is 2. The van der Waals surface area contributed by atoms with Gasteiger partial charge in [0.2, 0.25) is 5.91 Å². The number of piperidine rings is 1. The summed E-state index contributed by atoms with van der Waals surface area (Å²) in [4.78, 5) is 12.6. The summed E-state index contributed by atoms with van der Waals surface area (Å²) in [5, 5.41) is 7.19. The van der Waals surface area contributed by atoms with Crippen LogP contribution in [0.25, 0.3) is 0 Å². The molecule has 2 aliphatic heterocycles. The molecule has 2 unspecified atom stereocenters. The molecule has 0 aromatic rings. The molecule has 2 N–H and O–H groups in total. The fourth-order valence-corrected chi connectivity index (χ4v) is 7.01. The van der Waals surface area contributed by atoms with Gasteiger partial charge in [0.05, 0.1) is 0 Å². The van der Waals surface area contributed by atoms with Gasteiger partial charge < -0.3 is 10.6 Å². The number of nitrogens with one attached hydrogen (secondary N) is 2. The third-order valence-corrected chi connectivity index (χ3v) is 7.60. The predicted molar refractivity (Wildman–Crippen MR) is 93.5 cm³/mol. The van der Waals surface area contributed by atoms with E-state index in [0.717, 1.165) is 30.1 Å². The largest absolute Gasteiger partial charge is 0.353 e. The van der Waals surface area contributed by atoms with Crippen molar-refractivity contribution in [2.45, 2.75) is 82.3 Å². The maximum Gasteiger partial charge on any atom is 0.220 e. The van der Waals surface area contributed by atoms with E-state index in [4.69, 9.17) is 0 Å². The Morgan fingerprint density at radius 2 is 1.43 bits per heavy atom. The van der Waals surface area contributed by atoms with Crippen molar-refractivity contribution in [3.05, 3.63) is 0 Å². The van der Waals surface area contributed by atoms with E-state index in [1.165, 1.54) is 57.8 Å². The standard InChI is InChI=1S/C19H30N2O.ClH/c22-18(10-13-8-16-1-2-17(9-13)20-16)21-19-14-4-11-3-12(6-14)7-15(19)5-11;/h11-17,19-20H,1-10H2,(H,21,22);1H. The Morgan fingerprint density at radius 1 is 0.870 bits per heavy atom. The quantitative estimate of drug-likeness (QED) is 0.829. The van der Waals surface area contributed by atoms with E-state index in [0.29, 0.717) is 30.0 Å². The molecule has 130 valence electrons. The van der Waals surface area contributed by atoms with Crippen molar-refractivity contribution in [3.63, 3.8) is 0 Å². The average Bonchev–Trinajstić information content (AvgIpc) is 2.81. The smallest absolute Gasteiger partial charge is 0.220 e. The van der Waals surface area contributed by atoms with Crippen molar-refractivity contribution in [1.82, 2.24) is 10.6 Å². The number of carbonyl (C=O) groups excluding carboxylic acids is 1. The minimum atomic E-state index is 0. The first-order valence-electron chi connectivity index (χ1n) is 9.78. The van der Waals surface area contributed by atoms with Crippen LogP contribution < -0.4 is 10.6 Å². The van der Waals surface area contributed by atoms with Gasteiger partial charge in [0.1, 0.15) is 0 Å². The SMILES string of the molecule is Cl.O=C(CC1CC2CCC(C1)N2)NC1C2CC3CC(C2)CC1C3. The van der Waals surface area contributed by atoms with Crippen LogP contribution in [0.2, 0.25) is 0 Å². The number of carbonyl (C=O) groups is 1. The minimum Gasteiger partial charge on any atom is -0.353 e. The summed E-state index contributed by atoms with van der Waals surface area (Å²) in [6.45, 7) is 0. The van der Waals surface area contributed by atoms with Crippen LogP contribution in [-0.4, -0.2) is 24.0 Å². The van der Waals surface area contributed by atoms with E-state index >= 15 is 0 Å². The molecule has 3 nitrogen and oxygen atoms in total. The van der Waals surface area contributed by atoms with E-state index in [-0.39, 0.29) is 12.4 Å². The second-order valence-corrected chi connectivity index (χ2v) is 9.20. The molecule has 6 rings (SSSR count). The number of amides is 1. The maximum atomic E-state index is 12.6. The molecular formula is C19H31ClN2O. The van der Waals surface area contributed by atoms with Gasteiger partial charge in [-0.05, 0) is 87.4 Å². The topological polar surface area (TPSA) is 41.1 Å². The molecule has 2 saturated heterocycles. The molecule has 0 aromatic heterocycles. The Morgan fingerprint density at radius 3 is 2.00 bits per heavy atom. The van der Waals surface area contributed by atoms with Gasteiger partial charge in [-0.1, -0.05) is 0 Å². The normalized spacial score (nSPS) is 49.7. The zero-order valence-corrected chi connectivity index (χ0v) is 14.8. The van der Waals surface area contributed by atoms with E-state index in [1.807, 2.05) is 0 Å². The highest BCUT2D eigenvalue weighted by Gasteiger charge is 2.48. The van der Waals surface area contributed by atoms with Gasteiger partial charge >= 0.3 is 0 Å². The minimum absolute atomic E-state index is 0. The Balaban J connectivity index is 0.00000135. The van der Waals surface area contributed by atoms with Crippen molar-refractivity contribution in [3.8, 4) is 0 Å². The maximum absolute atomic E-state index is 12.6. The fourth-order valence-electron chi connectivity index (χ4n) is 7.01. The summed E-state index contributed by atoms with van der Waals surface area (Å²) in [6, 6.07) is 1.94. The number of hydrogen-bond acceptors (Lipinski definition) is 2. The van der Waals surface area contributed by atoms with Gasteiger partial charge in [-0.25, -0.2) is 0 Å². The molecule has 6 bridgehead atoms. The van der Waals surface area contributed by atoms with Gasteiger partial charge in [-0.3, -0.25) is 4.79 Å². The molecular weight excluding hydrogens is 308 g/mol. The first kappa shape index (κ1) is 16.2. The summed E-state index contributed by atoms with van der Waals surface area (Å²) in [6.07, 6.45) is 13.0. The molecule has 1 amide bonds. The zero-order chi connectivity index (χ0) is 14.7. The van der Waals surface area contributed by atoms with Gasteiger partial charge in [0.25, 0.3) is 0 Å². The average molecular weight is 339 g/mol. The molecule has 2 atom stereocenters. The van der Waals surface area contributed by atoms with Crippen molar-refractivity contribution in [2.24, 2.45) is 29.6 Å². The lowest BCUT2D eigenvalue weighted by Crippen LogP contribution is -2.56. The second-order valence-electron chi connectivity index (χ2n) is 9.20. The van der Waals surface area contributed by atoms with Crippen LogP contribution >= 0.6 is 12.4 Å². The van der Waals surface area contributed by atoms with E-state index < -0.39 is 0 Å². The summed E-state index contributed by atoms with van der Waals surface area (Å²) in [5.41, 5.74) is 0. The van der Waals surface area contributed by atoms with Crippen LogP contribution in [0.4, 0.5) is 0 Å². The fraction of sp³-hybridized carbons (Fsp3) is 0.947. The third kappa shape index (κ3) is 3.04. The first-order valence-corrected chi connectivity index (χ1v) is 9.78. The highest BCUT2D eigenvalue weighted by molar-refractivity contribution is 5.85. The monoisotopic (exact) mass is 338 g/mol. The Labute approximate surface area is 146 Å². The van der Waals surface area contributed by atoms with Crippen LogP contribution in [0.15, 0.2) is 0 Å². The van der Waals surface area contributed by atoms with E-state index in [1.54, 1.807) is 0 Å². The molecule has 6 fully saturated rings. The van der Waals surface area contributed by atoms with Crippen molar-refractivity contribution >= 4 is 18.3 Å². The summed E-state index contributed by atoms with van der Waals surface area (Å²) >= 11 is 0. The Hall–Kier alpha value is -0.280. The lowest BCUT2D eigenvalue weighted by Gasteiger charge is -2.54. The van der Waals surface area contributed by atoms with Gasteiger partial charge in [-0.2, -0.15) is 0 Å². The zero-order valence-electron chi connectivity index (χ0n) is 14.0. The molecule has 4 saturated carbocycles. The van der Waals surface area contributed by atoms with Crippen LogP contribution in [0.3, 0.4) is 0 Å². The molecule has 6 aliphatic rings. The molecule has 0 spiro atoms. The van der Waals surface area contributed by atoms with Crippen LogP contribution in [0.5, 0.6) is 0 Å². The second kappa shape index (κ2) is 6.22. The van der Waals surface area contributed by atoms with Gasteiger partial charge in [0, 0.05) is 24.5 Å². The lowest BCUT2D eigenvalue weighted by atomic mass is 9.54. The first-order chi connectivity index (χ1) is 10.7. The van der Waals surface area contributed by atoms with Crippen LogP contribution in [0, 0.1) is 29.6 Å². The molecule has 4 aliphatic carbocycles. The number of halogens is 1. The Kier molecular flexibility index (Phi) is 4.38. The molecule has 2 heterocycles. The van der Waals surface area contributed by atoms with E-state index in [2.05, 4.69) is 10.6 Å². The van der Waals surface area contributed by atoms with E-state index in [9.17, 15) is 4.79 Å². The predicted octanol–water partition coefficient (Wildman–Crippen LogP) is 3.27. The lowest BCUT2D eigenvalue weighted by molar-refractivity contribution is -0.126. The van der Waals surface area contributed by atoms with Crippen LogP contribution in [-0.2, 0) is 4.79 Å². The highest BCUT2D eigenvalue weighted by Crippen LogP contribution is 2.53. The number of rotatable bonds is 3. The molecule has 23 heavy (non-hydrogen) atoms. The molecule has 0 radical (unpaired) electrons. The van der Waals surface area contributed by atoms with Crippen molar-refractivity contribution in [2.75, 3.05) is 0 Å². The third-order valence-electron chi connectivity index (χ3n) is 7.60. The number of hydrogen-bond donors (Lipinski definition) is 2. The van der Waals surface area contributed by atoms with Crippen LogP contribution in [0.1, 0.15) is 64.2 Å². The van der Waals surface area contributed by atoms with Crippen molar-refractivity contribution in [1.29, 1.82) is 0 Å². The highest BCUT2D eigenvalue weighted by atomic mass is 35.5. The van der Waals surface area contributed by atoms with Gasteiger partial charge in [-0.15, -0.1) is 12.4 Å². The molecule has 4 heteroatoms. The van der Waals surface area contributed by atoms with Gasteiger partial charge in [0.15, 0.2) is 0 Å². The summed E-state index contributed by atoms with van der Waals surface area (Å²) in [7, 11) is 0. The van der Waals surface area contributed by atoms with Crippen molar-refractivity contribution < 1.29 is 4.79 Å².